The molecular weight excluding hydrogens is 911 g/mol. The van der Waals surface area contributed by atoms with Crippen LogP contribution in [0.2, 0.25) is 0 Å². The first-order chi connectivity index (χ1) is 33.9. The molecule has 25 nitrogen and oxygen atoms in total. The predicted molar refractivity (Wildman–Crippen MR) is 266 cm³/mol. The van der Waals surface area contributed by atoms with Crippen molar-refractivity contribution >= 4 is 41.7 Å². The van der Waals surface area contributed by atoms with Crippen LogP contribution in [0.5, 0.6) is 0 Å². The van der Waals surface area contributed by atoms with E-state index in [1.54, 1.807) is 24.5 Å². The average Bonchev–Trinajstić information content (AvgIpc) is 4.09. The van der Waals surface area contributed by atoms with Crippen LogP contribution in [-0.4, -0.2) is 142 Å². The van der Waals surface area contributed by atoms with Crippen LogP contribution in [0, 0.1) is 0 Å². The molecule has 0 saturated carbocycles. The number of imide groups is 1. The Morgan fingerprint density at radius 3 is 1.11 bits per heavy atom. The summed E-state index contributed by atoms with van der Waals surface area (Å²) in [6, 6.07) is 5.62. The Balaban J connectivity index is 0.000000387. The van der Waals surface area contributed by atoms with E-state index in [1.807, 2.05) is 11.1 Å². The minimum absolute atomic E-state index is 0.0359. The molecule has 0 aliphatic carbocycles. The number of carbonyl (C=O) groups excluding carboxylic acids is 7. The Bertz CT molecular complexity index is 1830. The lowest BCUT2D eigenvalue weighted by Crippen LogP contribution is -2.46. The van der Waals surface area contributed by atoms with Gasteiger partial charge in [0.15, 0.2) is 0 Å². The van der Waals surface area contributed by atoms with E-state index in [9.17, 15) is 47.9 Å². The highest BCUT2D eigenvalue weighted by molar-refractivity contribution is 5.96. The number of amides is 10. The number of nitrogens with one attached hydrogen (secondary N) is 15. The number of piperidine rings is 2. The Labute approximate surface area is 408 Å². The van der Waals surface area contributed by atoms with E-state index in [-0.39, 0.29) is 52.8 Å². The number of pyridine rings is 1. The van der Waals surface area contributed by atoms with Crippen LogP contribution < -0.4 is 80.6 Å². The van der Waals surface area contributed by atoms with Crippen molar-refractivity contribution in [2.75, 3.05) is 85.1 Å². The highest BCUT2D eigenvalue weighted by Crippen LogP contribution is 1.99. The highest BCUT2D eigenvalue weighted by atomic mass is 16.2. The van der Waals surface area contributed by atoms with Crippen LogP contribution in [0.4, 0.5) is 14.4 Å². The maximum atomic E-state index is 10.4. The van der Waals surface area contributed by atoms with Gasteiger partial charge in [-0.25, -0.2) is 19.2 Å². The third-order valence-corrected chi connectivity index (χ3v) is 9.50. The number of rotatable bonds is 0. The zero-order valence-corrected chi connectivity index (χ0v) is 40.3. The maximum Gasteiger partial charge on any atom is 0.325 e. The van der Waals surface area contributed by atoms with Gasteiger partial charge < -0.3 is 68.5 Å². The first kappa shape index (κ1) is 61.2. The molecule has 8 saturated heterocycles. The molecule has 0 bridgehead atoms. The fourth-order valence-electron chi connectivity index (χ4n) is 5.36. The lowest BCUT2D eigenvalue weighted by Gasteiger charge is -2.11. The summed E-state index contributed by atoms with van der Waals surface area (Å²) >= 11 is 0. The van der Waals surface area contributed by atoms with Crippen LogP contribution in [0.25, 0.3) is 0 Å². The molecule has 0 atom stereocenters. The van der Waals surface area contributed by atoms with E-state index < -0.39 is 5.69 Å². The highest BCUT2D eigenvalue weighted by Gasteiger charge is 2.12. The van der Waals surface area contributed by atoms with Crippen molar-refractivity contribution in [1.82, 2.24) is 78.8 Å². The summed E-state index contributed by atoms with van der Waals surface area (Å²) < 4.78 is 0. The van der Waals surface area contributed by atoms with Crippen molar-refractivity contribution in [3.63, 3.8) is 0 Å². The normalized spacial score (nSPS) is 18.5. The number of hydrogen-bond acceptors (Lipinski definition) is 13. The summed E-state index contributed by atoms with van der Waals surface area (Å²) in [5, 5.41) is 32.4. The second kappa shape index (κ2) is 43.4. The fourth-order valence-corrected chi connectivity index (χ4v) is 5.36. The quantitative estimate of drug-likeness (QED) is 0.140. The molecule has 8 fully saturated rings. The standard InChI is InChI=1S/C5H9NO.C5H5NO.C5H11N.C4H6N2O2.C4H4N2O2.C4H8N2O.C4H6N2O.C4H7NO.C4H9N.C3H5NO.C3H7N/c2*7-5-3-1-2-4-6-5;1-2-4-6-5-3-1;2*7-3-1-2-5-4(8)6-3;2*7-4-5-2-1-3-6-4;6-4-2-1-3-5-4;1-2-4-5-3-1;5-3-1-2-4-3;1-2-4-3-1/h1-4H2,(H,6,7);1-4H,(H,6,7);6H,1-5H2;1-2H2,(H2,5,6,7,8);1-2H,(H2,5,6,7,8);1-3H2,(H2,5,6,7);1-2H,3H2,(H2,5,6,7);1-3H2,(H,5,6);5H,1-4H2;1-2H2,(H,4,5);4H,1-3H2. The lowest BCUT2D eigenvalue weighted by atomic mass is 10.2. The van der Waals surface area contributed by atoms with E-state index in [2.05, 4.69) is 73.8 Å². The molecule has 70 heavy (non-hydrogen) atoms. The summed E-state index contributed by atoms with van der Waals surface area (Å²) in [5.74, 6) is 0.403. The summed E-state index contributed by atoms with van der Waals surface area (Å²) in [6.07, 6.45) is 21.6. The average molecular weight is 988 g/mol. The van der Waals surface area contributed by atoms with Crippen LogP contribution in [0.1, 0.15) is 89.9 Å². The second-order valence-corrected chi connectivity index (χ2v) is 15.6. The van der Waals surface area contributed by atoms with Gasteiger partial charge in [-0.15, -0.1) is 0 Å². The number of aromatic nitrogens is 3. The van der Waals surface area contributed by atoms with Gasteiger partial charge in [0.1, 0.15) is 0 Å². The van der Waals surface area contributed by atoms with Crippen molar-refractivity contribution < 1.29 is 33.6 Å². The zero-order chi connectivity index (χ0) is 51.1. The molecule has 9 aliphatic rings. The van der Waals surface area contributed by atoms with Gasteiger partial charge in [0, 0.05) is 102 Å². The van der Waals surface area contributed by atoms with Gasteiger partial charge >= 0.3 is 23.8 Å². The van der Waals surface area contributed by atoms with Crippen LogP contribution in [-0.2, 0) is 19.2 Å². The summed E-state index contributed by atoms with van der Waals surface area (Å²) in [5.41, 5.74) is -0.909. The molecule has 11 heterocycles. The topological polar surface area (TPSA) is 362 Å². The van der Waals surface area contributed by atoms with Crippen LogP contribution in [0.15, 0.2) is 63.3 Å². The molecule has 0 unspecified atom stereocenters. The van der Waals surface area contributed by atoms with Gasteiger partial charge in [-0.2, -0.15) is 0 Å². The summed E-state index contributed by atoms with van der Waals surface area (Å²) in [4.78, 5) is 109. The van der Waals surface area contributed by atoms with Gasteiger partial charge in [-0.05, 0) is 109 Å². The fraction of sp³-hybridized carbons (Fsp3) is 0.600. The van der Waals surface area contributed by atoms with E-state index in [4.69, 9.17) is 0 Å². The number of aromatic amines is 3. The van der Waals surface area contributed by atoms with E-state index in [1.165, 1.54) is 96.1 Å². The number of H-pyrrole nitrogens is 3. The van der Waals surface area contributed by atoms with Gasteiger partial charge in [0.2, 0.25) is 29.2 Å². The molecule has 2 aromatic rings. The first-order valence-electron chi connectivity index (χ1n) is 24.1. The molecule has 392 valence electrons. The molecule has 0 spiro atoms. The largest absolute Gasteiger partial charge is 0.356 e. The molecule has 25 heteroatoms. The Morgan fingerprint density at radius 2 is 0.871 bits per heavy atom. The molecule has 0 radical (unpaired) electrons. The number of hydrogen-bond donors (Lipinski definition) is 15. The van der Waals surface area contributed by atoms with Crippen molar-refractivity contribution in [1.29, 1.82) is 0 Å². The smallest absolute Gasteiger partial charge is 0.325 e. The summed E-state index contributed by atoms with van der Waals surface area (Å²) in [6.45, 7) is 12.9. The Morgan fingerprint density at radius 1 is 0.357 bits per heavy atom. The molecule has 10 amide bonds. The zero-order valence-electron chi connectivity index (χ0n) is 40.3. The minimum atomic E-state index is -0.475. The van der Waals surface area contributed by atoms with Gasteiger partial charge in [-0.1, -0.05) is 12.5 Å². The molecule has 9 aliphatic heterocycles. The van der Waals surface area contributed by atoms with Crippen molar-refractivity contribution in [2.45, 2.75) is 89.9 Å². The molecule has 15 N–H and O–H groups in total. The third-order valence-electron chi connectivity index (χ3n) is 9.50. The van der Waals surface area contributed by atoms with E-state index in [0.717, 1.165) is 77.7 Å². The lowest BCUT2D eigenvalue weighted by molar-refractivity contribution is -0.125. The molecule has 0 aromatic carbocycles. The number of β-lactam (4-membered cyclic amide) rings is 1. The van der Waals surface area contributed by atoms with Crippen LogP contribution in [0.3, 0.4) is 0 Å². The SMILES string of the molecule is C1CCNC1.C1CCNCC1.C1CNC1.O=C1CCCCN1.O=C1CCCN1.O=C1CCN1.O=C1CCNC(=O)N1.O=C1NC=CCN1.O=C1NCCCN1.O=c1cc[nH]c(=O)[nH]1.O=c1cccc[nH]1. The van der Waals surface area contributed by atoms with Crippen molar-refractivity contribution in [3.8, 4) is 0 Å². The number of urea groups is 3. The molecule has 2 aromatic heterocycles. The van der Waals surface area contributed by atoms with E-state index in [0.29, 0.717) is 19.5 Å². The van der Waals surface area contributed by atoms with E-state index >= 15 is 0 Å². The minimum Gasteiger partial charge on any atom is -0.356 e. The van der Waals surface area contributed by atoms with Gasteiger partial charge in [0.25, 0.3) is 5.56 Å². The predicted octanol–water partition coefficient (Wildman–Crippen LogP) is -1.05. The monoisotopic (exact) mass is 988 g/mol. The summed E-state index contributed by atoms with van der Waals surface area (Å²) in [7, 11) is 0. The third kappa shape index (κ3) is 41.3. The molecular formula is C45H77N15O10. The first-order valence-corrected chi connectivity index (χ1v) is 24.1. The van der Waals surface area contributed by atoms with Gasteiger partial charge in [0.05, 0.1) is 0 Å². The second-order valence-electron chi connectivity index (χ2n) is 15.6. The van der Waals surface area contributed by atoms with Crippen molar-refractivity contribution in [2.24, 2.45) is 0 Å². The Kier molecular flexibility index (Phi) is 37.9. The number of carbonyl (C=O) groups is 7. The Hall–Kier alpha value is -6.86. The van der Waals surface area contributed by atoms with Crippen molar-refractivity contribution in [3.05, 3.63) is 80.1 Å². The van der Waals surface area contributed by atoms with Crippen LogP contribution >= 0.6 is 0 Å². The maximum absolute atomic E-state index is 10.4. The molecule has 11 rings (SSSR count). The van der Waals surface area contributed by atoms with Gasteiger partial charge in [-0.3, -0.25) is 39.1 Å².